The molecule has 4 nitrogen and oxygen atoms in total. The van der Waals surface area contributed by atoms with E-state index in [2.05, 4.69) is 34.6 Å². The van der Waals surface area contributed by atoms with Crippen LogP contribution in [0.15, 0.2) is 0 Å². The lowest BCUT2D eigenvalue weighted by Gasteiger charge is -2.65. The molecule has 2 N–H and O–H groups in total. The van der Waals surface area contributed by atoms with Crippen LogP contribution in [-0.4, -0.2) is 40.4 Å². The Morgan fingerprint density at radius 3 is 2.41 bits per heavy atom. The molecule has 0 aromatic heterocycles. The van der Waals surface area contributed by atoms with Gasteiger partial charge >= 0.3 is 0 Å². The topological polar surface area (TPSA) is 58.9 Å². The third-order valence-electron chi connectivity index (χ3n) is 12.1. The van der Waals surface area contributed by atoms with Gasteiger partial charge in [-0.1, -0.05) is 27.7 Å². The van der Waals surface area contributed by atoms with Crippen molar-refractivity contribution in [1.29, 1.82) is 0 Å². The van der Waals surface area contributed by atoms with Gasteiger partial charge in [0.15, 0.2) is 5.79 Å². The third kappa shape index (κ3) is 2.82. The van der Waals surface area contributed by atoms with Crippen LogP contribution in [0.5, 0.6) is 0 Å². The average molecular weight is 447 g/mol. The Morgan fingerprint density at radius 2 is 1.69 bits per heavy atom. The first-order valence-corrected chi connectivity index (χ1v) is 13.7. The Kier molecular flexibility index (Phi) is 4.85. The summed E-state index contributed by atoms with van der Waals surface area (Å²) in [5.41, 5.74) is -0.388. The number of ether oxygens (including phenoxy) is 2. The molecular formula is C28H46O4. The zero-order chi connectivity index (χ0) is 22.7. The second-order valence-electron chi connectivity index (χ2n) is 14.0. The van der Waals surface area contributed by atoms with Crippen molar-refractivity contribution >= 4 is 0 Å². The Balaban J connectivity index is 1.33. The van der Waals surface area contributed by atoms with Gasteiger partial charge in [0.05, 0.1) is 24.4 Å². The largest absolute Gasteiger partial charge is 0.393 e. The van der Waals surface area contributed by atoms with Crippen LogP contribution in [0.4, 0.5) is 0 Å². The Morgan fingerprint density at radius 1 is 0.906 bits per heavy atom. The summed E-state index contributed by atoms with van der Waals surface area (Å²) in [7, 11) is 0. The maximum absolute atomic E-state index is 12.2. The molecule has 0 amide bonds. The second-order valence-corrected chi connectivity index (χ2v) is 14.0. The van der Waals surface area contributed by atoms with Crippen molar-refractivity contribution in [2.24, 2.45) is 52.3 Å². The number of hydrogen-bond donors (Lipinski definition) is 2. The maximum atomic E-state index is 12.2. The molecule has 0 radical (unpaired) electrons. The van der Waals surface area contributed by atoms with Crippen molar-refractivity contribution in [3.63, 3.8) is 0 Å². The number of aliphatic hydroxyl groups is 2. The summed E-state index contributed by atoms with van der Waals surface area (Å²) in [6.45, 7) is 12.6. The molecule has 6 rings (SSSR count). The van der Waals surface area contributed by atoms with Gasteiger partial charge in [-0.3, -0.25) is 0 Å². The zero-order valence-corrected chi connectivity index (χ0v) is 21.0. The molecule has 13 atom stereocenters. The van der Waals surface area contributed by atoms with Crippen LogP contribution in [0.2, 0.25) is 0 Å². The Hall–Kier alpha value is -0.160. The van der Waals surface area contributed by atoms with Gasteiger partial charge in [-0.25, -0.2) is 0 Å². The normalized spacial score (nSPS) is 64.0. The minimum absolute atomic E-state index is 0.113. The minimum atomic E-state index is -0.655. The van der Waals surface area contributed by atoms with E-state index in [0.29, 0.717) is 41.4 Å². The van der Waals surface area contributed by atoms with Crippen LogP contribution in [-0.2, 0) is 9.47 Å². The predicted octanol–water partition coefficient (Wildman–Crippen LogP) is 5.15. The number of fused-ring (bicyclic) bond motifs is 7. The lowest BCUT2D eigenvalue weighted by Crippen LogP contribution is -2.64. The van der Waals surface area contributed by atoms with E-state index in [-0.39, 0.29) is 28.8 Å². The fourth-order valence-electron chi connectivity index (χ4n) is 11.0. The summed E-state index contributed by atoms with van der Waals surface area (Å²) in [5.74, 6) is 3.21. The lowest BCUT2D eigenvalue weighted by atomic mass is 9.41. The monoisotopic (exact) mass is 446 g/mol. The molecule has 2 heterocycles. The molecule has 32 heavy (non-hydrogen) atoms. The van der Waals surface area contributed by atoms with Gasteiger partial charge in [-0.15, -0.1) is 0 Å². The summed E-state index contributed by atoms with van der Waals surface area (Å²) in [6, 6.07) is 0. The molecule has 0 unspecified atom stereocenters. The van der Waals surface area contributed by atoms with Crippen molar-refractivity contribution in [1.82, 2.24) is 0 Å². The van der Waals surface area contributed by atoms with Crippen LogP contribution in [0.3, 0.4) is 0 Å². The summed E-state index contributed by atoms with van der Waals surface area (Å²) in [5, 5.41) is 22.5. The number of aliphatic hydroxyl groups excluding tert-OH is 1. The first-order chi connectivity index (χ1) is 15.0. The smallest absolute Gasteiger partial charge is 0.171 e. The summed E-state index contributed by atoms with van der Waals surface area (Å²) >= 11 is 0. The van der Waals surface area contributed by atoms with Crippen LogP contribution in [0, 0.1) is 52.3 Å². The molecule has 2 aliphatic heterocycles. The fourth-order valence-corrected chi connectivity index (χ4v) is 11.0. The van der Waals surface area contributed by atoms with Crippen molar-refractivity contribution in [3.8, 4) is 0 Å². The van der Waals surface area contributed by atoms with Crippen molar-refractivity contribution in [3.05, 3.63) is 0 Å². The molecule has 6 fully saturated rings. The summed E-state index contributed by atoms with van der Waals surface area (Å²) in [6.07, 6.45) is 9.71. The molecule has 182 valence electrons. The Bertz CT molecular complexity index is 757. The molecule has 6 aliphatic rings. The quantitative estimate of drug-likeness (QED) is 0.540. The van der Waals surface area contributed by atoms with E-state index in [9.17, 15) is 10.2 Å². The maximum Gasteiger partial charge on any atom is 0.171 e. The third-order valence-corrected chi connectivity index (χ3v) is 12.1. The standard InChI is InChI=1S/C28H46O4/c1-16-8-11-28(31-14-16)17(2)23-22(32-28)13-21-20-7-6-18-12-19(29)9-10-25(18,3)24(20)27(5,30)15-26(21,23)4/h16-24,29-30H,6-15H2,1-5H3/t16-,17+,18-,19+,20+,21-,22-,23-,24-,25+,26+,27+,28-/m1/s1. The second kappa shape index (κ2) is 6.95. The van der Waals surface area contributed by atoms with Gasteiger partial charge in [-0.2, -0.15) is 0 Å². The van der Waals surface area contributed by atoms with Crippen molar-refractivity contribution < 1.29 is 19.7 Å². The van der Waals surface area contributed by atoms with Crippen LogP contribution in [0.25, 0.3) is 0 Å². The fraction of sp³-hybridized carbons (Fsp3) is 1.00. The first kappa shape index (κ1) is 22.3. The highest BCUT2D eigenvalue weighted by Crippen LogP contribution is 2.73. The van der Waals surface area contributed by atoms with Crippen molar-refractivity contribution in [2.75, 3.05) is 6.61 Å². The summed E-state index contributed by atoms with van der Waals surface area (Å²) < 4.78 is 13.3. The number of hydrogen-bond acceptors (Lipinski definition) is 4. The minimum Gasteiger partial charge on any atom is -0.393 e. The molecule has 0 aromatic rings. The van der Waals surface area contributed by atoms with Crippen molar-refractivity contribution in [2.45, 2.75) is 116 Å². The molecule has 1 spiro atoms. The molecule has 2 saturated heterocycles. The summed E-state index contributed by atoms with van der Waals surface area (Å²) in [4.78, 5) is 0. The molecule has 0 aromatic carbocycles. The predicted molar refractivity (Wildman–Crippen MR) is 124 cm³/mol. The van der Waals surface area contributed by atoms with Crippen LogP contribution < -0.4 is 0 Å². The SMILES string of the molecule is C[C@@H]1CC[C@@]2(OC1)O[C@@H]1C[C@@H]3[C@@H]4CC[C@@H]5C[C@@H](O)CC[C@]5(C)[C@@H]4[C@@](C)(O)C[C@]3(C)[C@@H]1[C@@H]2C. The van der Waals surface area contributed by atoms with E-state index >= 15 is 0 Å². The molecule has 0 bridgehead atoms. The van der Waals surface area contributed by atoms with E-state index in [1.54, 1.807) is 0 Å². The first-order valence-electron chi connectivity index (χ1n) is 13.7. The molecule has 4 saturated carbocycles. The van der Waals surface area contributed by atoms with Gasteiger partial charge in [0.2, 0.25) is 0 Å². The van der Waals surface area contributed by atoms with E-state index in [0.717, 1.165) is 45.1 Å². The molecule has 4 aliphatic carbocycles. The highest BCUT2D eigenvalue weighted by atomic mass is 16.7. The highest BCUT2D eigenvalue weighted by Gasteiger charge is 2.72. The lowest BCUT2D eigenvalue weighted by molar-refractivity contribution is -0.276. The van der Waals surface area contributed by atoms with Gasteiger partial charge < -0.3 is 19.7 Å². The van der Waals surface area contributed by atoms with E-state index in [4.69, 9.17) is 9.47 Å². The van der Waals surface area contributed by atoms with Gasteiger partial charge in [0.25, 0.3) is 0 Å². The Labute approximate surface area is 194 Å². The van der Waals surface area contributed by atoms with E-state index < -0.39 is 5.60 Å². The zero-order valence-electron chi connectivity index (χ0n) is 21.0. The highest BCUT2D eigenvalue weighted by molar-refractivity contribution is 5.19. The molecular weight excluding hydrogens is 400 g/mol. The van der Waals surface area contributed by atoms with Gasteiger partial charge in [0.1, 0.15) is 0 Å². The van der Waals surface area contributed by atoms with Gasteiger partial charge in [0, 0.05) is 12.3 Å². The van der Waals surface area contributed by atoms with E-state index in [1.807, 2.05) is 0 Å². The van der Waals surface area contributed by atoms with E-state index in [1.165, 1.54) is 19.3 Å². The molecule has 4 heteroatoms. The van der Waals surface area contributed by atoms with Gasteiger partial charge in [-0.05, 0) is 105 Å². The number of rotatable bonds is 0. The van der Waals surface area contributed by atoms with Crippen LogP contribution in [0.1, 0.15) is 92.4 Å². The van der Waals surface area contributed by atoms with Crippen LogP contribution >= 0.6 is 0 Å². The average Bonchev–Trinajstić information content (AvgIpc) is 3.14.